The van der Waals surface area contributed by atoms with Gasteiger partial charge in [0.15, 0.2) is 6.17 Å². The van der Waals surface area contributed by atoms with E-state index in [1.54, 1.807) is 0 Å². The number of hydrogen-bond acceptors (Lipinski definition) is 4. The number of nitrogens with one attached hydrogen (secondary N) is 2. The van der Waals surface area contributed by atoms with Gasteiger partial charge in [0, 0.05) is 36.4 Å². The molecule has 4 N–H and O–H groups in total. The topological polar surface area (TPSA) is 108 Å². The van der Waals surface area contributed by atoms with Gasteiger partial charge in [0.05, 0.1) is 10.0 Å². The van der Waals surface area contributed by atoms with E-state index in [-0.39, 0.29) is 35.8 Å². The maximum absolute atomic E-state index is 13.6. The third kappa shape index (κ3) is 6.08. The van der Waals surface area contributed by atoms with E-state index in [2.05, 4.69) is 10.6 Å². The van der Waals surface area contributed by atoms with Crippen molar-refractivity contribution in [2.75, 3.05) is 18.4 Å². The number of nitrogens with two attached hydrogens (primary N) is 1. The molecule has 1 heterocycles. The first kappa shape index (κ1) is 26.2. The summed E-state index contributed by atoms with van der Waals surface area (Å²) in [6, 6.07) is 9.24. The largest absolute Gasteiger partial charge is 0.350 e. The molecular weight excluding hydrogens is 508 g/mol. The van der Waals surface area contributed by atoms with Crippen LogP contribution in [0.2, 0.25) is 10.0 Å². The van der Waals surface area contributed by atoms with Gasteiger partial charge in [-0.3, -0.25) is 14.5 Å². The highest BCUT2D eigenvalue weighted by Gasteiger charge is 2.41. The number of carbonyl (C=O) groups is 3. The number of benzene rings is 2. The zero-order valence-electron chi connectivity index (χ0n) is 19.6. The van der Waals surface area contributed by atoms with Crippen LogP contribution in [0.1, 0.15) is 42.5 Å². The van der Waals surface area contributed by atoms with Crippen LogP contribution in [0, 0.1) is 5.82 Å². The van der Waals surface area contributed by atoms with Crippen LogP contribution in [0.4, 0.5) is 14.9 Å². The third-order valence-corrected chi connectivity index (χ3v) is 7.26. The van der Waals surface area contributed by atoms with Crippen molar-refractivity contribution < 1.29 is 18.8 Å². The summed E-state index contributed by atoms with van der Waals surface area (Å²) in [6.07, 6.45) is 2.31. The number of carbonyl (C=O) groups excluding carboxylic acids is 3. The summed E-state index contributed by atoms with van der Waals surface area (Å²) in [5.41, 5.74) is 6.62. The van der Waals surface area contributed by atoms with Gasteiger partial charge < -0.3 is 21.3 Å². The number of anilines is 1. The number of amides is 4. The van der Waals surface area contributed by atoms with Crippen LogP contribution in [0.25, 0.3) is 0 Å². The standard InChI is InChI=1S/C25H28Cl2FN5O3/c26-20-11-2-15(14-21(20)27)24(35)32-12-1-13-33(25(36)31-19-7-3-16(28)4-8-19)23(32)22(34)30-18-9-5-17(29)6-10-18/h2-4,7-8,11,14,17-18,23H,1,5-6,9-10,12-13,29H2,(H,30,34)(H,31,36). The third-order valence-electron chi connectivity index (χ3n) is 6.52. The summed E-state index contributed by atoms with van der Waals surface area (Å²) in [4.78, 5) is 43.0. The molecule has 2 fully saturated rings. The second kappa shape index (κ2) is 11.5. The van der Waals surface area contributed by atoms with E-state index in [1.807, 2.05) is 0 Å². The Kier molecular flexibility index (Phi) is 8.33. The lowest BCUT2D eigenvalue weighted by atomic mass is 9.91. The highest BCUT2D eigenvalue weighted by Crippen LogP contribution is 2.26. The molecule has 4 amide bonds. The molecule has 8 nitrogen and oxygen atoms in total. The van der Waals surface area contributed by atoms with Gasteiger partial charge in [0.25, 0.3) is 11.8 Å². The van der Waals surface area contributed by atoms with Gasteiger partial charge in [0.2, 0.25) is 0 Å². The second-order valence-electron chi connectivity index (χ2n) is 9.11. The highest BCUT2D eigenvalue weighted by atomic mass is 35.5. The molecule has 1 atom stereocenters. The Morgan fingerprint density at radius 2 is 1.58 bits per heavy atom. The molecule has 2 aromatic rings. The number of nitrogens with zero attached hydrogens (tertiary/aromatic N) is 2. The quantitative estimate of drug-likeness (QED) is 0.544. The van der Waals surface area contributed by atoms with Crippen molar-refractivity contribution in [3.8, 4) is 0 Å². The summed E-state index contributed by atoms with van der Waals surface area (Å²) in [7, 11) is 0. The molecule has 4 rings (SSSR count). The Bertz CT molecular complexity index is 1130. The number of urea groups is 1. The van der Waals surface area contributed by atoms with Crippen molar-refractivity contribution >= 4 is 46.7 Å². The van der Waals surface area contributed by atoms with Crippen LogP contribution >= 0.6 is 23.2 Å². The molecule has 1 aliphatic carbocycles. The van der Waals surface area contributed by atoms with Crippen LogP contribution in [-0.4, -0.2) is 59.0 Å². The Hall–Kier alpha value is -2.88. The SMILES string of the molecule is NC1CCC(NC(=O)C2N(C(=O)Nc3ccc(F)cc3)CCCN2C(=O)c2ccc(Cl)c(Cl)c2)CC1. The van der Waals surface area contributed by atoms with Gasteiger partial charge in [-0.15, -0.1) is 0 Å². The van der Waals surface area contributed by atoms with E-state index in [1.165, 1.54) is 52.3 Å². The Morgan fingerprint density at radius 3 is 2.25 bits per heavy atom. The summed E-state index contributed by atoms with van der Waals surface area (Å²) >= 11 is 12.1. The van der Waals surface area contributed by atoms with Crippen molar-refractivity contribution in [2.45, 2.75) is 50.4 Å². The van der Waals surface area contributed by atoms with Crippen LogP contribution in [0.3, 0.4) is 0 Å². The van der Waals surface area contributed by atoms with Gasteiger partial charge >= 0.3 is 6.03 Å². The van der Waals surface area contributed by atoms with Crippen LogP contribution < -0.4 is 16.4 Å². The number of halogens is 3. The zero-order chi connectivity index (χ0) is 25.8. The van der Waals surface area contributed by atoms with Gasteiger partial charge in [-0.1, -0.05) is 23.2 Å². The molecule has 1 unspecified atom stereocenters. The van der Waals surface area contributed by atoms with E-state index in [9.17, 15) is 18.8 Å². The van der Waals surface area contributed by atoms with Gasteiger partial charge in [0.1, 0.15) is 5.82 Å². The number of rotatable bonds is 4. The molecule has 2 aliphatic rings. The first-order chi connectivity index (χ1) is 17.2. The zero-order valence-corrected chi connectivity index (χ0v) is 21.1. The molecule has 11 heteroatoms. The van der Waals surface area contributed by atoms with Gasteiger partial charge in [-0.05, 0) is 74.6 Å². The summed E-state index contributed by atoms with van der Waals surface area (Å²) in [5, 5.41) is 6.23. The van der Waals surface area contributed by atoms with Gasteiger partial charge in [-0.25, -0.2) is 9.18 Å². The Morgan fingerprint density at radius 1 is 0.917 bits per heavy atom. The smallest absolute Gasteiger partial charge is 0.323 e. The summed E-state index contributed by atoms with van der Waals surface area (Å²) in [5.74, 6) is -1.33. The fourth-order valence-electron chi connectivity index (χ4n) is 4.60. The van der Waals surface area contributed by atoms with E-state index in [0.29, 0.717) is 17.1 Å². The molecule has 2 aromatic carbocycles. The molecule has 192 valence electrons. The Labute approximate surface area is 218 Å². The molecule has 0 bridgehead atoms. The van der Waals surface area contributed by atoms with E-state index < -0.39 is 29.8 Å². The lowest BCUT2D eigenvalue weighted by Gasteiger charge is -2.43. The van der Waals surface area contributed by atoms with E-state index in [0.717, 1.165) is 25.7 Å². The van der Waals surface area contributed by atoms with Crippen LogP contribution in [0.15, 0.2) is 42.5 Å². The fraction of sp³-hybridized carbons (Fsp3) is 0.400. The maximum atomic E-state index is 13.6. The first-order valence-corrected chi connectivity index (χ1v) is 12.6. The normalized spacial score (nSPS) is 22.2. The molecule has 0 spiro atoms. The van der Waals surface area contributed by atoms with Crippen molar-refractivity contribution in [1.29, 1.82) is 0 Å². The molecule has 1 saturated heterocycles. The van der Waals surface area contributed by atoms with E-state index in [4.69, 9.17) is 28.9 Å². The molecule has 0 aromatic heterocycles. The predicted octanol–water partition coefficient (Wildman–Crippen LogP) is 4.22. The molecule has 0 radical (unpaired) electrons. The minimum Gasteiger partial charge on any atom is -0.350 e. The lowest BCUT2D eigenvalue weighted by Crippen LogP contribution is -2.65. The number of hydrogen-bond donors (Lipinski definition) is 3. The maximum Gasteiger partial charge on any atom is 0.323 e. The van der Waals surface area contributed by atoms with Crippen LogP contribution in [-0.2, 0) is 4.79 Å². The predicted molar refractivity (Wildman–Crippen MR) is 136 cm³/mol. The second-order valence-corrected chi connectivity index (χ2v) is 9.92. The minimum absolute atomic E-state index is 0.0943. The monoisotopic (exact) mass is 535 g/mol. The summed E-state index contributed by atoms with van der Waals surface area (Å²) in [6.45, 7) is 0.527. The Balaban J connectivity index is 1.60. The molecule has 1 saturated carbocycles. The van der Waals surface area contributed by atoms with Crippen molar-refractivity contribution in [2.24, 2.45) is 5.73 Å². The average Bonchev–Trinajstić information content (AvgIpc) is 2.87. The average molecular weight is 536 g/mol. The summed E-state index contributed by atoms with van der Waals surface area (Å²) < 4.78 is 13.3. The van der Waals surface area contributed by atoms with Crippen molar-refractivity contribution in [1.82, 2.24) is 15.1 Å². The fourth-order valence-corrected chi connectivity index (χ4v) is 4.89. The van der Waals surface area contributed by atoms with Crippen LogP contribution in [0.5, 0.6) is 0 Å². The first-order valence-electron chi connectivity index (χ1n) is 11.9. The van der Waals surface area contributed by atoms with E-state index >= 15 is 0 Å². The molecule has 36 heavy (non-hydrogen) atoms. The van der Waals surface area contributed by atoms with Crippen molar-refractivity contribution in [3.05, 3.63) is 63.9 Å². The lowest BCUT2D eigenvalue weighted by molar-refractivity contribution is -0.133. The molecular formula is C25H28Cl2FN5O3. The highest BCUT2D eigenvalue weighted by molar-refractivity contribution is 6.42. The minimum atomic E-state index is -1.18. The van der Waals surface area contributed by atoms with Gasteiger partial charge in [-0.2, -0.15) is 0 Å². The van der Waals surface area contributed by atoms with Crippen molar-refractivity contribution in [3.63, 3.8) is 0 Å². The molecule has 1 aliphatic heterocycles.